The van der Waals surface area contributed by atoms with E-state index in [4.69, 9.17) is 9.73 Å². The van der Waals surface area contributed by atoms with Gasteiger partial charge in [0.1, 0.15) is 17.4 Å². The first kappa shape index (κ1) is 25.0. The molecule has 4 rings (SSSR count). The molecule has 4 aromatic rings. The Labute approximate surface area is 213 Å². The van der Waals surface area contributed by atoms with Crippen molar-refractivity contribution in [2.75, 3.05) is 0 Å². The summed E-state index contributed by atoms with van der Waals surface area (Å²) in [5.41, 5.74) is 3.05. The van der Waals surface area contributed by atoms with E-state index in [-0.39, 0.29) is 16.2 Å². The van der Waals surface area contributed by atoms with Gasteiger partial charge in [0.15, 0.2) is 5.90 Å². The van der Waals surface area contributed by atoms with E-state index in [1.807, 2.05) is 62.4 Å². The Morgan fingerprint density at radius 1 is 0.743 bits per heavy atom. The van der Waals surface area contributed by atoms with E-state index in [2.05, 4.69) is 0 Å². The lowest BCUT2D eigenvalue weighted by atomic mass is 10.2. The van der Waals surface area contributed by atoms with Crippen molar-refractivity contribution in [1.82, 2.24) is 0 Å². The number of thioether (sulfide) groups is 2. The molecule has 0 heterocycles. The minimum atomic E-state index is -0.276. The summed E-state index contributed by atoms with van der Waals surface area (Å²) >= 11 is 3.19. The number of ether oxygens (including phenoxy) is 1. The molecule has 0 aliphatic rings. The van der Waals surface area contributed by atoms with E-state index >= 15 is 0 Å². The highest BCUT2D eigenvalue weighted by Gasteiger charge is 2.18. The number of aryl methyl sites for hydroxylation is 2. The second kappa shape index (κ2) is 12.0. The Balaban J connectivity index is 1.64. The molecule has 0 spiro atoms. The molecule has 0 saturated carbocycles. The molecule has 0 atom stereocenters. The molecule has 0 bridgehead atoms. The Morgan fingerprint density at radius 2 is 1.31 bits per heavy atom. The summed E-state index contributed by atoms with van der Waals surface area (Å²) in [5, 5.41) is 0. The zero-order valence-electron chi connectivity index (χ0n) is 19.4. The minimum Gasteiger partial charge on any atom is -0.443 e. The first-order chi connectivity index (χ1) is 16.9. The monoisotopic (exact) mass is 505 g/mol. The number of rotatable bonds is 8. The SMILES string of the molecule is Cc1ccc(/N=C(/CC(Sc2ccc(F)cc2)Sc2ccc(F)cc2)Oc2cccc(C)c2)cc1. The summed E-state index contributed by atoms with van der Waals surface area (Å²) < 4.78 is 33.2. The van der Waals surface area contributed by atoms with Gasteiger partial charge in [0.2, 0.25) is 0 Å². The molecule has 0 unspecified atom stereocenters. The van der Waals surface area contributed by atoms with Crippen molar-refractivity contribution in [3.8, 4) is 5.75 Å². The average molecular weight is 506 g/mol. The third kappa shape index (κ3) is 7.98. The summed E-state index contributed by atoms with van der Waals surface area (Å²) in [4.78, 5) is 6.68. The van der Waals surface area contributed by atoms with Crippen LogP contribution >= 0.6 is 23.5 Å². The quantitative estimate of drug-likeness (QED) is 0.103. The van der Waals surface area contributed by atoms with Gasteiger partial charge in [-0.1, -0.05) is 29.8 Å². The summed E-state index contributed by atoms with van der Waals surface area (Å²) in [6.45, 7) is 4.05. The van der Waals surface area contributed by atoms with Crippen molar-refractivity contribution < 1.29 is 13.5 Å². The van der Waals surface area contributed by atoms with E-state index in [0.717, 1.165) is 26.6 Å². The molecule has 0 radical (unpaired) electrons. The fourth-order valence-corrected chi connectivity index (χ4v) is 5.77. The van der Waals surface area contributed by atoms with Crippen molar-refractivity contribution in [3.63, 3.8) is 0 Å². The fraction of sp³-hybridized carbons (Fsp3) is 0.138. The molecule has 2 nitrogen and oxygen atoms in total. The molecule has 178 valence electrons. The summed E-state index contributed by atoms with van der Waals surface area (Å²) in [6.07, 6.45) is 0.492. The Bertz CT molecular complexity index is 1230. The molecule has 0 saturated heterocycles. The van der Waals surface area contributed by atoms with Gasteiger partial charge in [-0.15, -0.1) is 23.5 Å². The number of nitrogens with zero attached hydrogens (tertiary/aromatic N) is 1. The molecule has 6 heteroatoms. The van der Waals surface area contributed by atoms with Gasteiger partial charge in [-0.3, -0.25) is 0 Å². The van der Waals surface area contributed by atoms with Crippen LogP contribution in [0.5, 0.6) is 5.75 Å². The molecular formula is C29H25F2NOS2. The van der Waals surface area contributed by atoms with Crippen LogP contribution in [0.2, 0.25) is 0 Å². The highest BCUT2D eigenvalue weighted by molar-refractivity contribution is 8.17. The Kier molecular flexibility index (Phi) is 8.61. The number of hydrogen-bond donors (Lipinski definition) is 0. The van der Waals surface area contributed by atoms with E-state index < -0.39 is 0 Å². The first-order valence-electron chi connectivity index (χ1n) is 11.2. The lowest BCUT2D eigenvalue weighted by molar-refractivity contribution is 0.535. The zero-order valence-corrected chi connectivity index (χ0v) is 21.1. The molecule has 0 N–H and O–H groups in total. The van der Waals surface area contributed by atoms with Crippen LogP contribution in [0.15, 0.2) is 112 Å². The third-order valence-electron chi connectivity index (χ3n) is 5.02. The molecule has 0 aromatic heterocycles. The molecule has 0 aliphatic carbocycles. The second-order valence-corrected chi connectivity index (χ2v) is 10.9. The summed E-state index contributed by atoms with van der Waals surface area (Å²) in [5.74, 6) is 0.727. The van der Waals surface area contributed by atoms with Gasteiger partial charge in [0, 0.05) is 16.2 Å². The molecule has 0 amide bonds. The van der Waals surface area contributed by atoms with Gasteiger partial charge in [-0.25, -0.2) is 13.8 Å². The zero-order chi connectivity index (χ0) is 24.6. The standard InChI is InChI=1S/C29H25F2NOS2/c1-20-6-12-24(13-7-20)32-28(33-25-5-3-4-21(2)18-25)19-29(34-26-14-8-22(30)9-15-26)35-27-16-10-23(31)11-17-27/h3-18,29H,19H2,1-2H3/b32-28-. The molecule has 0 aliphatic heterocycles. The number of benzene rings is 4. The Hall–Kier alpha value is -3.09. The highest BCUT2D eigenvalue weighted by atomic mass is 32.2. The van der Waals surface area contributed by atoms with Crippen molar-refractivity contribution >= 4 is 35.1 Å². The highest BCUT2D eigenvalue weighted by Crippen LogP contribution is 2.38. The maximum atomic E-state index is 13.5. The van der Waals surface area contributed by atoms with Crippen LogP contribution in [0.3, 0.4) is 0 Å². The van der Waals surface area contributed by atoms with E-state index in [1.54, 1.807) is 47.8 Å². The van der Waals surface area contributed by atoms with Crippen molar-refractivity contribution in [3.05, 3.63) is 120 Å². The van der Waals surface area contributed by atoms with Crippen LogP contribution in [-0.2, 0) is 0 Å². The lowest BCUT2D eigenvalue weighted by Gasteiger charge is -2.18. The van der Waals surface area contributed by atoms with Gasteiger partial charge in [0.05, 0.1) is 10.3 Å². The third-order valence-corrected chi connectivity index (χ3v) is 7.54. The van der Waals surface area contributed by atoms with Gasteiger partial charge >= 0.3 is 0 Å². The molecule has 35 heavy (non-hydrogen) atoms. The summed E-state index contributed by atoms with van der Waals surface area (Å²) in [7, 11) is 0. The fourth-order valence-electron chi connectivity index (χ4n) is 3.27. The van der Waals surface area contributed by atoms with Crippen LogP contribution in [0.1, 0.15) is 17.5 Å². The van der Waals surface area contributed by atoms with Gasteiger partial charge < -0.3 is 4.74 Å². The number of aliphatic imine (C=N–C) groups is 1. The maximum Gasteiger partial charge on any atom is 0.197 e. The number of halogens is 2. The topological polar surface area (TPSA) is 21.6 Å². The lowest BCUT2D eigenvalue weighted by Crippen LogP contribution is -2.14. The average Bonchev–Trinajstić information content (AvgIpc) is 2.83. The van der Waals surface area contributed by atoms with Crippen LogP contribution in [0.25, 0.3) is 0 Å². The van der Waals surface area contributed by atoms with Gasteiger partial charge in [-0.05, 0) is 92.2 Å². The number of hydrogen-bond acceptors (Lipinski definition) is 4. The summed E-state index contributed by atoms with van der Waals surface area (Å²) in [6, 6.07) is 28.6. The van der Waals surface area contributed by atoms with Crippen LogP contribution in [0.4, 0.5) is 14.5 Å². The van der Waals surface area contributed by atoms with Crippen molar-refractivity contribution in [2.45, 2.75) is 34.6 Å². The van der Waals surface area contributed by atoms with Gasteiger partial charge in [-0.2, -0.15) is 0 Å². The van der Waals surface area contributed by atoms with Crippen molar-refractivity contribution in [1.29, 1.82) is 0 Å². The Morgan fingerprint density at radius 3 is 1.86 bits per heavy atom. The second-order valence-electron chi connectivity index (χ2n) is 8.04. The van der Waals surface area contributed by atoms with Crippen LogP contribution < -0.4 is 4.74 Å². The minimum absolute atomic E-state index is 0.0556. The predicted octanol–water partition coefficient (Wildman–Crippen LogP) is 8.99. The maximum absolute atomic E-state index is 13.5. The largest absolute Gasteiger partial charge is 0.443 e. The molecule has 0 fully saturated rings. The van der Waals surface area contributed by atoms with Crippen LogP contribution in [-0.4, -0.2) is 10.5 Å². The van der Waals surface area contributed by atoms with E-state index in [1.165, 1.54) is 24.3 Å². The predicted molar refractivity (Wildman–Crippen MR) is 143 cm³/mol. The van der Waals surface area contributed by atoms with E-state index in [9.17, 15) is 8.78 Å². The first-order valence-corrected chi connectivity index (χ1v) is 12.9. The van der Waals surface area contributed by atoms with Gasteiger partial charge in [0.25, 0.3) is 0 Å². The van der Waals surface area contributed by atoms with E-state index in [0.29, 0.717) is 18.1 Å². The van der Waals surface area contributed by atoms with Crippen LogP contribution in [0, 0.1) is 25.5 Å². The smallest absolute Gasteiger partial charge is 0.197 e. The van der Waals surface area contributed by atoms with Crippen molar-refractivity contribution in [2.24, 2.45) is 4.99 Å². The normalized spacial score (nSPS) is 11.6. The molecular weight excluding hydrogens is 480 g/mol. The molecule has 4 aromatic carbocycles.